The van der Waals surface area contributed by atoms with E-state index >= 15 is 0 Å². The normalized spacial score (nSPS) is 45.5. The van der Waals surface area contributed by atoms with Gasteiger partial charge in [-0.15, -0.1) is 0 Å². The van der Waals surface area contributed by atoms with Crippen LogP contribution in [0.3, 0.4) is 0 Å². The number of amides is 1. The fourth-order valence-corrected chi connectivity index (χ4v) is 3.55. The van der Waals surface area contributed by atoms with Crippen LogP contribution in [-0.4, -0.2) is 108 Å². The van der Waals surface area contributed by atoms with Gasteiger partial charge in [0, 0.05) is 14.0 Å². The molecule has 2 aliphatic rings. The quantitative estimate of drug-likeness (QED) is 0.265. The van der Waals surface area contributed by atoms with Gasteiger partial charge in [0.25, 0.3) is 0 Å². The van der Waals surface area contributed by atoms with Gasteiger partial charge >= 0.3 is 0 Å². The number of carbonyl (C=O) groups excluding carboxylic acids is 1. The molecule has 1 amide bonds. The smallest absolute Gasteiger partial charge is 0.217 e. The molecule has 0 aromatic heterocycles. The molecule has 0 aromatic carbocycles. The second kappa shape index (κ2) is 9.54. The fraction of sp³-hybridized carbons (Fsp3) is 0.938. The van der Waals surface area contributed by atoms with Gasteiger partial charge in [-0.1, -0.05) is 0 Å². The first-order valence-electron chi connectivity index (χ1n) is 8.84. The van der Waals surface area contributed by atoms with Gasteiger partial charge in [0.15, 0.2) is 6.29 Å². The largest absolute Gasteiger partial charge is 0.394 e. The minimum atomic E-state index is -1.23. The van der Waals surface area contributed by atoms with E-state index in [4.69, 9.17) is 24.7 Å². The second-order valence-electron chi connectivity index (χ2n) is 6.87. The molecule has 10 atom stereocenters. The Morgan fingerprint density at radius 1 is 1.11 bits per heavy atom. The Morgan fingerprint density at radius 2 is 1.70 bits per heavy atom. The maximum atomic E-state index is 11.4. The highest BCUT2D eigenvalue weighted by Gasteiger charge is 2.49. The summed E-state index contributed by atoms with van der Waals surface area (Å²) in [4.78, 5) is 11.4. The first-order valence-corrected chi connectivity index (χ1v) is 8.84. The predicted octanol–water partition coefficient (Wildman–Crippen LogP) is -3.56. The van der Waals surface area contributed by atoms with Crippen molar-refractivity contribution in [2.24, 2.45) is 5.73 Å². The lowest BCUT2D eigenvalue weighted by atomic mass is 9.92. The van der Waals surface area contributed by atoms with Gasteiger partial charge in [-0.3, -0.25) is 4.79 Å². The highest BCUT2D eigenvalue weighted by Crippen LogP contribution is 2.29. The molecule has 2 heterocycles. The van der Waals surface area contributed by atoms with Crippen LogP contribution in [0.2, 0.25) is 0 Å². The lowest BCUT2D eigenvalue weighted by Gasteiger charge is -2.47. The van der Waals surface area contributed by atoms with Gasteiger partial charge < -0.3 is 50.4 Å². The molecule has 0 radical (unpaired) electrons. The molecule has 0 aliphatic carbocycles. The molecule has 0 bridgehead atoms. The van der Waals surface area contributed by atoms with Gasteiger partial charge in [0.05, 0.1) is 31.4 Å². The highest BCUT2D eigenvalue weighted by atomic mass is 16.7. The Bertz CT molecular complexity index is 495. The second-order valence-corrected chi connectivity index (χ2v) is 6.87. The van der Waals surface area contributed by atoms with Crippen LogP contribution >= 0.6 is 0 Å². The van der Waals surface area contributed by atoms with Crippen molar-refractivity contribution in [3.8, 4) is 0 Å². The Labute approximate surface area is 157 Å². The monoisotopic (exact) mass is 394 g/mol. The van der Waals surface area contributed by atoms with Crippen molar-refractivity contribution in [2.45, 2.75) is 74.9 Å². The molecule has 2 rings (SSSR count). The predicted molar refractivity (Wildman–Crippen MR) is 90.4 cm³/mol. The summed E-state index contributed by atoms with van der Waals surface area (Å²) in [5.41, 5.74) is 5.98. The summed E-state index contributed by atoms with van der Waals surface area (Å²) in [6.45, 7) is 2.06. The average Bonchev–Trinajstić information content (AvgIpc) is 2.63. The van der Waals surface area contributed by atoms with Crippen molar-refractivity contribution >= 4 is 5.91 Å². The number of hydrogen-bond acceptors (Lipinski definition) is 10. The summed E-state index contributed by atoms with van der Waals surface area (Å²) >= 11 is 0. The van der Waals surface area contributed by atoms with E-state index in [-0.39, 0.29) is 5.91 Å². The summed E-state index contributed by atoms with van der Waals surface area (Å²) < 4.78 is 22.1. The van der Waals surface area contributed by atoms with Crippen LogP contribution in [0.5, 0.6) is 0 Å². The standard InChI is InChI=1S/C16H30N2O9/c1-6-11(18-7(2)21)13(23)15(9(5-20)25-6)27-16-10(17)12(22)14(24-3)8(4-19)26-16/h6,8-16,19-20,22-23H,4-5,17H2,1-3H3,(H,18,21)/t6?,8?,9?,10?,11?,12-,13-,14-,15-,16+/m1/s1. The molecule has 0 saturated carbocycles. The molecule has 2 aliphatic heterocycles. The average molecular weight is 394 g/mol. The van der Waals surface area contributed by atoms with E-state index in [0.29, 0.717) is 0 Å². The third-order valence-electron chi connectivity index (χ3n) is 4.98. The highest BCUT2D eigenvalue weighted by molar-refractivity contribution is 5.73. The molecule has 0 aromatic rings. The summed E-state index contributed by atoms with van der Waals surface area (Å²) in [7, 11) is 1.35. The third kappa shape index (κ3) is 4.75. The summed E-state index contributed by atoms with van der Waals surface area (Å²) in [6, 6.07) is -1.82. The van der Waals surface area contributed by atoms with Gasteiger partial charge in [0.2, 0.25) is 5.91 Å². The van der Waals surface area contributed by atoms with Crippen LogP contribution in [0.4, 0.5) is 0 Å². The van der Waals surface area contributed by atoms with Gasteiger partial charge in [0.1, 0.15) is 36.6 Å². The maximum Gasteiger partial charge on any atom is 0.217 e. The number of ether oxygens (including phenoxy) is 4. The summed E-state index contributed by atoms with van der Waals surface area (Å²) in [5.74, 6) is -0.361. The Morgan fingerprint density at radius 3 is 2.22 bits per heavy atom. The Balaban J connectivity index is 2.17. The van der Waals surface area contributed by atoms with E-state index < -0.39 is 74.3 Å². The number of carbonyl (C=O) groups is 1. The number of aliphatic hydroxyl groups is 4. The van der Waals surface area contributed by atoms with Crippen molar-refractivity contribution in [3.63, 3.8) is 0 Å². The van der Waals surface area contributed by atoms with Crippen LogP contribution in [0.15, 0.2) is 0 Å². The minimum Gasteiger partial charge on any atom is -0.394 e. The van der Waals surface area contributed by atoms with E-state index in [1.54, 1.807) is 6.92 Å². The maximum absolute atomic E-state index is 11.4. The van der Waals surface area contributed by atoms with Crippen molar-refractivity contribution in [3.05, 3.63) is 0 Å². The zero-order valence-electron chi connectivity index (χ0n) is 15.6. The fourth-order valence-electron chi connectivity index (χ4n) is 3.55. The molecule has 5 unspecified atom stereocenters. The first-order chi connectivity index (χ1) is 12.7. The van der Waals surface area contributed by atoms with E-state index in [2.05, 4.69) is 5.32 Å². The Hall–Kier alpha value is -0.890. The molecular weight excluding hydrogens is 364 g/mol. The first kappa shape index (κ1) is 22.4. The molecular formula is C16H30N2O9. The third-order valence-corrected chi connectivity index (χ3v) is 4.98. The molecule has 2 fully saturated rings. The minimum absolute atomic E-state index is 0.361. The summed E-state index contributed by atoms with van der Waals surface area (Å²) in [6.07, 6.45) is -7.93. The summed E-state index contributed by atoms with van der Waals surface area (Å²) in [5, 5.41) is 42.7. The van der Waals surface area contributed by atoms with Crippen molar-refractivity contribution < 1.29 is 44.2 Å². The van der Waals surface area contributed by atoms with Gasteiger partial charge in [-0.25, -0.2) is 0 Å². The number of hydrogen-bond donors (Lipinski definition) is 6. The number of rotatable bonds is 6. The lowest BCUT2D eigenvalue weighted by Crippen LogP contribution is -2.68. The lowest BCUT2D eigenvalue weighted by molar-refractivity contribution is -0.313. The van der Waals surface area contributed by atoms with E-state index in [1.165, 1.54) is 14.0 Å². The molecule has 0 spiro atoms. The molecule has 158 valence electrons. The Kier molecular flexibility index (Phi) is 7.92. The van der Waals surface area contributed by atoms with Crippen molar-refractivity contribution in [1.29, 1.82) is 0 Å². The van der Waals surface area contributed by atoms with E-state index in [1.807, 2.05) is 0 Å². The molecule has 2 saturated heterocycles. The van der Waals surface area contributed by atoms with Crippen LogP contribution in [-0.2, 0) is 23.7 Å². The van der Waals surface area contributed by atoms with Gasteiger partial charge in [-0.05, 0) is 6.92 Å². The number of aliphatic hydroxyl groups excluding tert-OH is 4. The van der Waals surface area contributed by atoms with E-state index in [0.717, 1.165) is 0 Å². The molecule has 11 nitrogen and oxygen atoms in total. The van der Waals surface area contributed by atoms with Gasteiger partial charge in [-0.2, -0.15) is 0 Å². The molecule has 11 heteroatoms. The number of nitrogens with one attached hydrogen (secondary N) is 1. The SMILES string of the molecule is CO[C@@H]1C(CO)O[C@@H](O[C@@H]2C(CO)OC(C)C(NC(C)=O)[C@H]2O)C(N)[C@H]1O. The zero-order valence-corrected chi connectivity index (χ0v) is 15.6. The zero-order chi connectivity index (χ0) is 20.3. The topological polar surface area (TPSA) is 173 Å². The van der Waals surface area contributed by atoms with Crippen LogP contribution in [0, 0.1) is 0 Å². The molecule has 27 heavy (non-hydrogen) atoms. The van der Waals surface area contributed by atoms with Crippen LogP contribution in [0.1, 0.15) is 13.8 Å². The number of nitrogens with two attached hydrogens (primary N) is 1. The van der Waals surface area contributed by atoms with Crippen molar-refractivity contribution in [1.82, 2.24) is 5.32 Å². The van der Waals surface area contributed by atoms with Crippen molar-refractivity contribution in [2.75, 3.05) is 20.3 Å². The number of methoxy groups -OCH3 is 1. The molecule has 7 N–H and O–H groups in total. The van der Waals surface area contributed by atoms with E-state index in [9.17, 15) is 25.2 Å². The van der Waals surface area contributed by atoms with Crippen LogP contribution < -0.4 is 11.1 Å². The van der Waals surface area contributed by atoms with Crippen LogP contribution in [0.25, 0.3) is 0 Å².